The van der Waals surface area contributed by atoms with Crippen molar-refractivity contribution >= 4 is 22.4 Å². The van der Waals surface area contributed by atoms with Crippen LogP contribution < -0.4 is 5.32 Å². The van der Waals surface area contributed by atoms with Crippen LogP contribution in [0.4, 0.5) is 5.13 Å². The van der Waals surface area contributed by atoms with Crippen LogP contribution in [0.5, 0.6) is 0 Å². The smallest absolute Gasteiger partial charge is 0.228 e. The van der Waals surface area contributed by atoms with Crippen LogP contribution in [-0.2, 0) is 4.79 Å². The number of aliphatic hydroxyl groups excluding tert-OH is 1. The molecule has 1 aromatic heterocycles. The van der Waals surface area contributed by atoms with Crippen molar-refractivity contribution < 1.29 is 9.90 Å². The monoisotopic (exact) mass is 214 g/mol. The van der Waals surface area contributed by atoms with Gasteiger partial charge in [-0.15, -0.1) is 11.3 Å². The highest BCUT2D eigenvalue weighted by molar-refractivity contribution is 7.13. The van der Waals surface area contributed by atoms with E-state index in [0.29, 0.717) is 10.8 Å². The fourth-order valence-corrected chi connectivity index (χ4v) is 1.58. The molecule has 0 aliphatic heterocycles. The standard InChI is InChI=1S/C9H14N2O2S/c1-5(2)8(13)11-9-10-7(4-14-9)6(3)12/h4-6,12H,1-3H3,(H,10,11,13). The van der Waals surface area contributed by atoms with Gasteiger partial charge in [0.05, 0.1) is 11.8 Å². The first-order chi connectivity index (χ1) is 6.50. The first-order valence-corrected chi connectivity index (χ1v) is 5.33. The van der Waals surface area contributed by atoms with Crippen molar-refractivity contribution in [3.05, 3.63) is 11.1 Å². The molecule has 4 nitrogen and oxygen atoms in total. The van der Waals surface area contributed by atoms with Gasteiger partial charge in [0.15, 0.2) is 5.13 Å². The molecule has 0 aliphatic rings. The van der Waals surface area contributed by atoms with Gasteiger partial charge in [-0.3, -0.25) is 4.79 Å². The summed E-state index contributed by atoms with van der Waals surface area (Å²) in [6.07, 6.45) is -0.587. The van der Waals surface area contributed by atoms with Crippen molar-refractivity contribution in [3.8, 4) is 0 Å². The van der Waals surface area contributed by atoms with Crippen molar-refractivity contribution in [2.24, 2.45) is 5.92 Å². The van der Waals surface area contributed by atoms with E-state index >= 15 is 0 Å². The van der Waals surface area contributed by atoms with E-state index in [1.54, 1.807) is 12.3 Å². The Bertz CT molecular complexity index is 320. The van der Waals surface area contributed by atoms with Gasteiger partial charge < -0.3 is 10.4 Å². The summed E-state index contributed by atoms with van der Waals surface area (Å²) < 4.78 is 0. The topological polar surface area (TPSA) is 62.2 Å². The average Bonchev–Trinajstić information content (AvgIpc) is 2.52. The summed E-state index contributed by atoms with van der Waals surface area (Å²) in [5.41, 5.74) is 0.592. The number of rotatable bonds is 3. The maximum atomic E-state index is 11.3. The van der Waals surface area contributed by atoms with Crippen molar-refractivity contribution in [3.63, 3.8) is 0 Å². The predicted molar refractivity (Wildman–Crippen MR) is 56.2 cm³/mol. The summed E-state index contributed by atoms with van der Waals surface area (Å²) in [6, 6.07) is 0. The van der Waals surface area contributed by atoms with Crippen LogP contribution in [-0.4, -0.2) is 16.0 Å². The highest BCUT2D eigenvalue weighted by Crippen LogP contribution is 2.20. The number of amides is 1. The molecule has 14 heavy (non-hydrogen) atoms. The Hall–Kier alpha value is -0.940. The van der Waals surface area contributed by atoms with Crippen LogP contribution in [0.2, 0.25) is 0 Å². The van der Waals surface area contributed by atoms with E-state index in [9.17, 15) is 9.90 Å². The molecule has 5 heteroatoms. The molecular formula is C9H14N2O2S. The number of hydrogen-bond donors (Lipinski definition) is 2. The molecule has 1 heterocycles. The molecule has 1 unspecified atom stereocenters. The Balaban J connectivity index is 2.64. The number of anilines is 1. The Morgan fingerprint density at radius 2 is 2.21 bits per heavy atom. The zero-order chi connectivity index (χ0) is 10.7. The lowest BCUT2D eigenvalue weighted by molar-refractivity contribution is -0.118. The second kappa shape index (κ2) is 4.52. The third-order valence-electron chi connectivity index (χ3n) is 1.70. The average molecular weight is 214 g/mol. The van der Waals surface area contributed by atoms with Crippen molar-refractivity contribution in [2.45, 2.75) is 26.9 Å². The normalized spacial score (nSPS) is 12.9. The van der Waals surface area contributed by atoms with Gasteiger partial charge in [0, 0.05) is 11.3 Å². The lowest BCUT2D eigenvalue weighted by atomic mass is 10.2. The fourth-order valence-electron chi connectivity index (χ4n) is 0.785. The Morgan fingerprint density at radius 1 is 1.57 bits per heavy atom. The molecular weight excluding hydrogens is 200 g/mol. The van der Waals surface area contributed by atoms with Gasteiger partial charge in [0.2, 0.25) is 5.91 Å². The Kier molecular flexibility index (Phi) is 3.60. The molecule has 0 saturated heterocycles. The number of aliphatic hydroxyl groups is 1. The number of hydrogen-bond acceptors (Lipinski definition) is 4. The lowest BCUT2D eigenvalue weighted by Crippen LogP contribution is -2.17. The summed E-state index contributed by atoms with van der Waals surface area (Å²) in [6.45, 7) is 5.28. The zero-order valence-electron chi connectivity index (χ0n) is 8.44. The largest absolute Gasteiger partial charge is 0.387 e. The van der Waals surface area contributed by atoms with E-state index in [4.69, 9.17) is 0 Å². The van der Waals surface area contributed by atoms with Crippen LogP contribution in [0.3, 0.4) is 0 Å². The summed E-state index contributed by atoms with van der Waals surface area (Å²) >= 11 is 1.32. The molecule has 0 spiro atoms. The maximum absolute atomic E-state index is 11.3. The minimum atomic E-state index is -0.587. The van der Waals surface area contributed by atoms with E-state index in [0.717, 1.165) is 0 Å². The zero-order valence-corrected chi connectivity index (χ0v) is 9.26. The molecule has 0 radical (unpaired) electrons. The predicted octanol–water partition coefficient (Wildman–Crippen LogP) is 1.79. The first-order valence-electron chi connectivity index (χ1n) is 4.45. The molecule has 0 saturated carbocycles. The van der Waals surface area contributed by atoms with Gasteiger partial charge in [0.25, 0.3) is 0 Å². The van der Waals surface area contributed by atoms with Crippen LogP contribution in [0.25, 0.3) is 0 Å². The van der Waals surface area contributed by atoms with E-state index in [-0.39, 0.29) is 11.8 Å². The van der Waals surface area contributed by atoms with E-state index < -0.39 is 6.10 Å². The number of carbonyl (C=O) groups excluding carboxylic acids is 1. The maximum Gasteiger partial charge on any atom is 0.228 e. The van der Waals surface area contributed by atoms with Gasteiger partial charge in [0.1, 0.15) is 0 Å². The van der Waals surface area contributed by atoms with Crippen LogP contribution in [0.1, 0.15) is 32.6 Å². The fraction of sp³-hybridized carbons (Fsp3) is 0.556. The minimum absolute atomic E-state index is 0.0588. The molecule has 1 amide bonds. The van der Waals surface area contributed by atoms with Crippen LogP contribution in [0, 0.1) is 5.92 Å². The minimum Gasteiger partial charge on any atom is -0.387 e. The summed E-state index contributed by atoms with van der Waals surface area (Å²) in [5.74, 6) is -0.120. The summed E-state index contributed by atoms with van der Waals surface area (Å²) in [4.78, 5) is 15.4. The SMILES string of the molecule is CC(C)C(=O)Nc1nc(C(C)O)cs1. The number of carbonyl (C=O) groups is 1. The highest BCUT2D eigenvalue weighted by Gasteiger charge is 2.11. The number of aromatic nitrogens is 1. The lowest BCUT2D eigenvalue weighted by Gasteiger charge is -2.03. The van der Waals surface area contributed by atoms with Crippen LogP contribution >= 0.6 is 11.3 Å². The number of thiazole rings is 1. The molecule has 2 N–H and O–H groups in total. The molecule has 78 valence electrons. The third kappa shape index (κ3) is 2.78. The second-order valence-electron chi connectivity index (χ2n) is 3.40. The molecule has 0 fully saturated rings. The van der Waals surface area contributed by atoms with Crippen molar-refractivity contribution in [1.82, 2.24) is 4.98 Å². The third-order valence-corrected chi connectivity index (χ3v) is 2.48. The molecule has 1 atom stereocenters. The Morgan fingerprint density at radius 3 is 2.64 bits per heavy atom. The van der Waals surface area contributed by atoms with Gasteiger partial charge in [-0.05, 0) is 6.92 Å². The molecule has 0 bridgehead atoms. The quantitative estimate of drug-likeness (QED) is 0.806. The summed E-state index contributed by atoms with van der Waals surface area (Å²) in [5, 5.41) is 14.2. The molecule has 0 aromatic carbocycles. The van der Waals surface area contributed by atoms with E-state index in [1.807, 2.05) is 13.8 Å². The molecule has 0 aliphatic carbocycles. The van der Waals surface area contributed by atoms with Gasteiger partial charge >= 0.3 is 0 Å². The van der Waals surface area contributed by atoms with Crippen LogP contribution in [0.15, 0.2) is 5.38 Å². The second-order valence-corrected chi connectivity index (χ2v) is 4.26. The van der Waals surface area contributed by atoms with Gasteiger partial charge in [-0.1, -0.05) is 13.8 Å². The number of nitrogens with one attached hydrogen (secondary N) is 1. The first kappa shape index (κ1) is 11.1. The highest BCUT2D eigenvalue weighted by atomic mass is 32.1. The molecule has 1 rings (SSSR count). The Labute approximate surface area is 87.0 Å². The molecule has 1 aromatic rings. The van der Waals surface area contributed by atoms with Gasteiger partial charge in [-0.25, -0.2) is 4.98 Å². The van der Waals surface area contributed by atoms with E-state index in [2.05, 4.69) is 10.3 Å². The van der Waals surface area contributed by atoms with Gasteiger partial charge in [-0.2, -0.15) is 0 Å². The van der Waals surface area contributed by atoms with Crippen molar-refractivity contribution in [2.75, 3.05) is 5.32 Å². The van der Waals surface area contributed by atoms with E-state index in [1.165, 1.54) is 11.3 Å². The number of nitrogens with zero attached hydrogens (tertiary/aromatic N) is 1. The van der Waals surface area contributed by atoms with Crippen molar-refractivity contribution in [1.29, 1.82) is 0 Å². The summed E-state index contributed by atoms with van der Waals surface area (Å²) in [7, 11) is 0.